The van der Waals surface area contributed by atoms with Crippen molar-refractivity contribution in [3.05, 3.63) is 27.3 Å². The maximum absolute atomic E-state index is 11.2. The van der Waals surface area contributed by atoms with E-state index in [1.807, 2.05) is 0 Å². The first-order valence-electron chi connectivity index (χ1n) is 3.53. The van der Waals surface area contributed by atoms with Gasteiger partial charge in [-0.15, -0.1) is 0 Å². The van der Waals surface area contributed by atoms with Gasteiger partial charge in [0.25, 0.3) is 5.91 Å². The molecule has 0 atom stereocenters. The number of benzene rings is 1. The Balaban J connectivity index is 3.11. The fourth-order valence-corrected chi connectivity index (χ4v) is 1.46. The van der Waals surface area contributed by atoms with E-state index in [4.69, 9.17) is 10.6 Å². The number of amides is 1. The predicted octanol–water partition coefficient (Wildman–Crippen LogP) is 0.903. The smallest absolute Gasteiger partial charge is 0.266 e. The molecular weight excluding hydrogens is 283 g/mol. The summed E-state index contributed by atoms with van der Waals surface area (Å²) in [6.07, 6.45) is 0. The molecule has 0 spiro atoms. The summed E-state index contributed by atoms with van der Waals surface area (Å²) < 4.78 is 5.81. The number of methoxy groups -OCH3 is 1. The molecule has 5 heteroatoms. The van der Waals surface area contributed by atoms with Crippen LogP contribution in [0.25, 0.3) is 0 Å². The van der Waals surface area contributed by atoms with Crippen molar-refractivity contribution in [3.8, 4) is 5.75 Å². The van der Waals surface area contributed by atoms with Gasteiger partial charge in [0.15, 0.2) is 0 Å². The van der Waals surface area contributed by atoms with Gasteiger partial charge >= 0.3 is 0 Å². The van der Waals surface area contributed by atoms with Crippen LogP contribution in [-0.4, -0.2) is 13.0 Å². The lowest BCUT2D eigenvalue weighted by Crippen LogP contribution is -2.30. The van der Waals surface area contributed by atoms with Gasteiger partial charge in [0.1, 0.15) is 5.75 Å². The molecule has 4 nitrogen and oxygen atoms in total. The van der Waals surface area contributed by atoms with Crippen LogP contribution in [0.5, 0.6) is 5.75 Å². The lowest BCUT2D eigenvalue weighted by molar-refractivity contribution is 0.0952. The van der Waals surface area contributed by atoms with E-state index in [1.165, 1.54) is 0 Å². The number of carbonyl (C=O) groups excluding carboxylic acids is 1. The highest BCUT2D eigenvalue weighted by Crippen LogP contribution is 2.18. The monoisotopic (exact) mass is 292 g/mol. The van der Waals surface area contributed by atoms with Gasteiger partial charge in [-0.3, -0.25) is 10.2 Å². The minimum Gasteiger partial charge on any atom is -0.497 e. The molecule has 1 aromatic carbocycles. The molecule has 0 fully saturated rings. The van der Waals surface area contributed by atoms with Crippen molar-refractivity contribution in [1.82, 2.24) is 5.43 Å². The Bertz CT molecular complexity index is 328. The minimum atomic E-state index is -0.316. The second kappa shape index (κ2) is 4.43. The zero-order valence-corrected chi connectivity index (χ0v) is 9.16. The van der Waals surface area contributed by atoms with Crippen LogP contribution < -0.4 is 16.0 Å². The Hall–Kier alpha value is -0.820. The summed E-state index contributed by atoms with van der Waals surface area (Å²) in [6.45, 7) is 0. The maximum atomic E-state index is 11.2. The number of nitrogens with one attached hydrogen (secondary N) is 1. The van der Waals surface area contributed by atoms with E-state index in [0.717, 1.165) is 3.57 Å². The maximum Gasteiger partial charge on any atom is 0.266 e. The summed E-state index contributed by atoms with van der Waals surface area (Å²) in [4.78, 5) is 11.2. The minimum absolute atomic E-state index is 0.316. The summed E-state index contributed by atoms with van der Waals surface area (Å²) in [7, 11) is 1.55. The zero-order valence-electron chi connectivity index (χ0n) is 7.00. The summed E-state index contributed by atoms with van der Waals surface area (Å²) in [5.74, 6) is 5.34. The highest BCUT2D eigenvalue weighted by atomic mass is 127. The molecule has 0 unspecified atom stereocenters. The van der Waals surface area contributed by atoms with Crippen molar-refractivity contribution in [2.75, 3.05) is 7.11 Å². The first-order chi connectivity index (χ1) is 6.19. The van der Waals surface area contributed by atoms with Crippen LogP contribution in [0.2, 0.25) is 0 Å². The topological polar surface area (TPSA) is 64.3 Å². The van der Waals surface area contributed by atoms with Crippen molar-refractivity contribution in [2.45, 2.75) is 0 Å². The van der Waals surface area contributed by atoms with E-state index in [2.05, 4.69) is 28.0 Å². The molecule has 0 aliphatic carbocycles. The molecule has 1 rings (SSSR count). The molecule has 1 amide bonds. The molecule has 0 aliphatic heterocycles. The fraction of sp³-hybridized carbons (Fsp3) is 0.125. The molecule has 1 aromatic rings. The Labute approximate surface area is 89.6 Å². The number of carbonyl (C=O) groups is 1. The molecular formula is C8H9IN2O2. The highest BCUT2D eigenvalue weighted by molar-refractivity contribution is 14.1. The van der Waals surface area contributed by atoms with E-state index in [0.29, 0.717) is 11.3 Å². The average molecular weight is 292 g/mol. The number of nitrogen functional groups attached to an aromatic ring is 1. The fourth-order valence-electron chi connectivity index (χ4n) is 0.883. The van der Waals surface area contributed by atoms with E-state index < -0.39 is 0 Å². The predicted molar refractivity (Wildman–Crippen MR) is 57.4 cm³/mol. The molecule has 0 saturated carbocycles. The average Bonchev–Trinajstić information content (AvgIpc) is 2.17. The molecule has 0 aromatic heterocycles. The van der Waals surface area contributed by atoms with Crippen LogP contribution in [-0.2, 0) is 0 Å². The Kier molecular flexibility index (Phi) is 3.49. The van der Waals surface area contributed by atoms with Gasteiger partial charge in [-0.2, -0.15) is 0 Å². The Morgan fingerprint density at radius 2 is 2.31 bits per heavy atom. The van der Waals surface area contributed by atoms with Gasteiger partial charge < -0.3 is 4.74 Å². The number of hydrazine groups is 1. The molecule has 3 N–H and O–H groups in total. The third-order valence-corrected chi connectivity index (χ3v) is 2.49. The second-order valence-corrected chi connectivity index (χ2v) is 3.48. The van der Waals surface area contributed by atoms with Crippen LogP contribution in [0.15, 0.2) is 18.2 Å². The summed E-state index contributed by atoms with van der Waals surface area (Å²) in [6, 6.07) is 5.23. The standard InChI is InChI=1S/C8H9IN2O2/c1-13-5-2-3-7(9)6(4-5)8(12)11-10/h2-4H,10H2,1H3,(H,11,12). The number of halogens is 1. The first kappa shape index (κ1) is 10.3. The number of ether oxygens (including phenoxy) is 1. The van der Waals surface area contributed by atoms with Crippen LogP contribution in [0.3, 0.4) is 0 Å². The third-order valence-electron chi connectivity index (χ3n) is 1.55. The van der Waals surface area contributed by atoms with E-state index in [1.54, 1.807) is 25.3 Å². The van der Waals surface area contributed by atoms with Gasteiger partial charge in [-0.05, 0) is 40.8 Å². The normalized spacial score (nSPS) is 9.46. The third kappa shape index (κ3) is 2.31. The molecule has 13 heavy (non-hydrogen) atoms. The lowest BCUT2D eigenvalue weighted by atomic mass is 10.2. The van der Waals surface area contributed by atoms with Gasteiger partial charge in [0.05, 0.1) is 12.7 Å². The Morgan fingerprint density at radius 3 is 2.85 bits per heavy atom. The van der Waals surface area contributed by atoms with E-state index in [-0.39, 0.29) is 5.91 Å². The molecule has 0 bridgehead atoms. The molecule has 0 radical (unpaired) electrons. The number of rotatable bonds is 2. The van der Waals surface area contributed by atoms with Crippen molar-refractivity contribution in [3.63, 3.8) is 0 Å². The molecule has 70 valence electrons. The summed E-state index contributed by atoms with van der Waals surface area (Å²) >= 11 is 2.06. The largest absolute Gasteiger partial charge is 0.497 e. The van der Waals surface area contributed by atoms with Crippen LogP contribution in [0.1, 0.15) is 10.4 Å². The zero-order chi connectivity index (χ0) is 9.84. The van der Waals surface area contributed by atoms with Gasteiger partial charge in [0, 0.05) is 3.57 Å². The molecule has 0 saturated heterocycles. The lowest BCUT2D eigenvalue weighted by Gasteiger charge is -2.05. The van der Waals surface area contributed by atoms with Gasteiger partial charge in [0.2, 0.25) is 0 Å². The van der Waals surface area contributed by atoms with Crippen molar-refractivity contribution >= 4 is 28.5 Å². The quantitative estimate of drug-likeness (QED) is 0.368. The summed E-state index contributed by atoms with van der Waals surface area (Å²) in [5, 5.41) is 0. The van der Waals surface area contributed by atoms with Crippen LogP contribution in [0, 0.1) is 3.57 Å². The molecule has 0 heterocycles. The summed E-state index contributed by atoms with van der Waals surface area (Å²) in [5.41, 5.74) is 2.59. The first-order valence-corrected chi connectivity index (χ1v) is 4.61. The number of hydrogen-bond donors (Lipinski definition) is 2. The molecule has 0 aliphatic rings. The van der Waals surface area contributed by atoms with Gasteiger partial charge in [-0.25, -0.2) is 5.84 Å². The number of hydrogen-bond acceptors (Lipinski definition) is 3. The second-order valence-electron chi connectivity index (χ2n) is 2.32. The van der Waals surface area contributed by atoms with Crippen molar-refractivity contribution in [2.24, 2.45) is 5.84 Å². The van der Waals surface area contributed by atoms with E-state index >= 15 is 0 Å². The Morgan fingerprint density at radius 1 is 1.62 bits per heavy atom. The SMILES string of the molecule is COc1ccc(I)c(C(=O)NN)c1. The van der Waals surface area contributed by atoms with Crippen LogP contribution >= 0.6 is 22.6 Å². The van der Waals surface area contributed by atoms with Crippen molar-refractivity contribution < 1.29 is 9.53 Å². The number of nitrogens with two attached hydrogens (primary N) is 1. The van der Waals surface area contributed by atoms with E-state index in [9.17, 15) is 4.79 Å². The van der Waals surface area contributed by atoms with Crippen LogP contribution in [0.4, 0.5) is 0 Å². The highest BCUT2D eigenvalue weighted by Gasteiger charge is 2.08. The van der Waals surface area contributed by atoms with Crippen molar-refractivity contribution in [1.29, 1.82) is 0 Å². The van der Waals surface area contributed by atoms with Gasteiger partial charge in [-0.1, -0.05) is 0 Å².